The molecule has 4 heteroatoms. The lowest BCUT2D eigenvalue weighted by Gasteiger charge is -2.01. The van der Waals surface area contributed by atoms with Crippen molar-refractivity contribution in [2.24, 2.45) is 0 Å². The molecule has 0 atom stereocenters. The standard InChI is InChI=1S/C12H13NO3/c1-2-3-8-16-11-6-4-10(13-9-11)5-7-12(14)15/h2-7,9H,8H2,1H3,(H,14,15). The molecule has 0 spiro atoms. The molecule has 0 amide bonds. The first-order chi connectivity index (χ1) is 7.72. The van der Waals surface area contributed by atoms with Gasteiger partial charge < -0.3 is 9.84 Å². The molecule has 4 nitrogen and oxygen atoms in total. The average Bonchev–Trinajstić information content (AvgIpc) is 2.28. The first-order valence-corrected chi connectivity index (χ1v) is 4.83. The van der Waals surface area contributed by atoms with Crippen LogP contribution in [0.2, 0.25) is 0 Å². The van der Waals surface area contributed by atoms with Crippen molar-refractivity contribution in [2.45, 2.75) is 6.92 Å². The fourth-order valence-corrected chi connectivity index (χ4v) is 0.973. The lowest BCUT2D eigenvalue weighted by atomic mass is 10.3. The van der Waals surface area contributed by atoms with Gasteiger partial charge in [-0.15, -0.1) is 0 Å². The molecule has 16 heavy (non-hydrogen) atoms. The van der Waals surface area contributed by atoms with Gasteiger partial charge in [0.15, 0.2) is 0 Å². The highest BCUT2D eigenvalue weighted by Gasteiger charge is 1.94. The van der Waals surface area contributed by atoms with Crippen molar-refractivity contribution in [1.29, 1.82) is 0 Å². The molecule has 1 aromatic heterocycles. The number of pyridine rings is 1. The molecule has 0 bridgehead atoms. The molecule has 0 saturated heterocycles. The van der Waals surface area contributed by atoms with Crippen molar-refractivity contribution in [3.05, 3.63) is 42.3 Å². The van der Waals surface area contributed by atoms with Crippen molar-refractivity contribution in [2.75, 3.05) is 6.61 Å². The van der Waals surface area contributed by atoms with Crippen LogP contribution in [0.1, 0.15) is 12.6 Å². The zero-order valence-electron chi connectivity index (χ0n) is 8.96. The second kappa shape index (κ2) is 6.40. The number of nitrogens with zero attached hydrogens (tertiary/aromatic N) is 1. The molecule has 0 fully saturated rings. The Kier molecular flexibility index (Phi) is 4.79. The van der Waals surface area contributed by atoms with E-state index in [1.165, 1.54) is 6.08 Å². The quantitative estimate of drug-likeness (QED) is 0.608. The van der Waals surface area contributed by atoms with Gasteiger partial charge >= 0.3 is 5.97 Å². The number of allylic oxidation sites excluding steroid dienone is 1. The molecule has 0 aliphatic rings. The SMILES string of the molecule is CC=CCOc1ccc(C=CC(=O)O)nc1. The highest BCUT2D eigenvalue weighted by Crippen LogP contribution is 2.09. The lowest BCUT2D eigenvalue weighted by molar-refractivity contribution is -0.131. The Morgan fingerprint density at radius 2 is 2.38 bits per heavy atom. The molecule has 0 aliphatic heterocycles. The van der Waals surface area contributed by atoms with E-state index in [4.69, 9.17) is 9.84 Å². The maximum atomic E-state index is 10.3. The molecule has 0 aliphatic carbocycles. The number of rotatable bonds is 5. The van der Waals surface area contributed by atoms with Gasteiger partial charge in [-0.1, -0.05) is 12.2 Å². The van der Waals surface area contributed by atoms with E-state index >= 15 is 0 Å². The van der Waals surface area contributed by atoms with Crippen LogP contribution in [0.4, 0.5) is 0 Å². The number of aromatic nitrogens is 1. The van der Waals surface area contributed by atoms with Crippen LogP contribution in [0.3, 0.4) is 0 Å². The highest BCUT2D eigenvalue weighted by molar-refractivity contribution is 5.84. The number of carboxylic acids is 1. The summed E-state index contributed by atoms with van der Waals surface area (Å²) in [6.07, 6.45) is 7.82. The summed E-state index contributed by atoms with van der Waals surface area (Å²) in [4.78, 5) is 14.3. The lowest BCUT2D eigenvalue weighted by Crippen LogP contribution is -1.94. The van der Waals surface area contributed by atoms with Crippen LogP contribution >= 0.6 is 0 Å². The fourth-order valence-electron chi connectivity index (χ4n) is 0.973. The molecule has 1 heterocycles. The summed E-state index contributed by atoms with van der Waals surface area (Å²) < 4.78 is 5.34. The van der Waals surface area contributed by atoms with Crippen LogP contribution in [0.15, 0.2) is 36.6 Å². The van der Waals surface area contributed by atoms with Gasteiger partial charge in [0.05, 0.1) is 11.9 Å². The number of hydrogen-bond donors (Lipinski definition) is 1. The Hall–Kier alpha value is -2.10. The minimum absolute atomic E-state index is 0.502. The molecule has 0 unspecified atom stereocenters. The van der Waals surface area contributed by atoms with Crippen LogP contribution in [-0.2, 0) is 4.79 Å². The third-order valence-corrected chi connectivity index (χ3v) is 1.74. The molecule has 1 N–H and O–H groups in total. The molecule has 1 rings (SSSR count). The molecule has 1 aromatic rings. The largest absolute Gasteiger partial charge is 0.488 e. The van der Waals surface area contributed by atoms with Crippen molar-refractivity contribution in [1.82, 2.24) is 4.98 Å². The molecule has 0 saturated carbocycles. The van der Waals surface area contributed by atoms with Crippen molar-refractivity contribution >= 4 is 12.0 Å². The first-order valence-electron chi connectivity index (χ1n) is 4.83. The zero-order valence-corrected chi connectivity index (χ0v) is 8.96. The minimum atomic E-state index is -0.991. The Labute approximate surface area is 93.9 Å². The number of aliphatic carboxylic acids is 1. The summed E-state index contributed by atoms with van der Waals surface area (Å²) in [5, 5.41) is 8.43. The van der Waals surface area contributed by atoms with Crippen molar-refractivity contribution in [3.8, 4) is 5.75 Å². The fraction of sp³-hybridized carbons (Fsp3) is 0.167. The Morgan fingerprint density at radius 3 is 2.94 bits per heavy atom. The Bertz CT molecular complexity index is 393. The molecule has 0 aromatic carbocycles. The average molecular weight is 219 g/mol. The molecular weight excluding hydrogens is 206 g/mol. The maximum Gasteiger partial charge on any atom is 0.328 e. The molecule has 0 radical (unpaired) electrons. The van der Waals surface area contributed by atoms with Gasteiger partial charge in [0.1, 0.15) is 12.4 Å². The Balaban J connectivity index is 2.57. The smallest absolute Gasteiger partial charge is 0.328 e. The van der Waals surface area contributed by atoms with Crippen LogP contribution in [0, 0.1) is 0 Å². The predicted octanol–water partition coefficient (Wildman–Crippen LogP) is 2.13. The summed E-state index contributed by atoms with van der Waals surface area (Å²) >= 11 is 0. The number of carboxylic acid groups (broad SMARTS) is 1. The van der Waals surface area contributed by atoms with E-state index in [0.717, 1.165) is 6.08 Å². The predicted molar refractivity (Wildman–Crippen MR) is 61.2 cm³/mol. The summed E-state index contributed by atoms with van der Waals surface area (Å²) in [6.45, 7) is 2.42. The zero-order chi connectivity index (χ0) is 11.8. The third kappa shape index (κ3) is 4.41. The van der Waals surface area contributed by atoms with Crippen LogP contribution in [0.25, 0.3) is 6.08 Å². The van der Waals surface area contributed by atoms with Crippen LogP contribution < -0.4 is 4.74 Å². The highest BCUT2D eigenvalue weighted by atomic mass is 16.5. The van der Waals surface area contributed by atoms with Gasteiger partial charge in [-0.3, -0.25) is 4.98 Å². The second-order valence-electron chi connectivity index (χ2n) is 2.97. The number of hydrogen-bond acceptors (Lipinski definition) is 3. The molecule has 84 valence electrons. The van der Waals surface area contributed by atoms with E-state index in [9.17, 15) is 4.79 Å². The topological polar surface area (TPSA) is 59.4 Å². The normalized spacial score (nSPS) is 11.1. The van der Waals surface area contributed by atoms with Crippen molar-refractivity contribution in [3.63, 3.8) is 0 Å². The van der Waals surface area contributed by atoms with Gasteiger partial charge in [-0.2, -0.15) is 0 Å². The van der Waals surface area contributed by atoms with Crippen molar-refractivity contribution < 1.29 is 14.6 Å². The summed E-state index contributed by atoms with van der Waals surface area (Å²) in [6, 6.07) is 3.45. The number of carbonyl (C=O) groups is 1. The van der Waals surface area contributed by atoms with Crippen LogP contribution in [-0.4, -0.2) is 22.7 Å². The summed E-state index contributed by atoms with van der Waals surface area (Å²) in [5.74, 6) is -0.333. The van der Waals surface area contributed by atoms with Gasteiger partial charge in [0, 0.05) is 6.08 Å². The van der Waals surface area contributed by atoms with Gasteiger partial charge in [-0.05, 0) is 25.1 Å². The van der Waals surface area contributed by atoms with Gasteiger partial charge in [0.2, 0.25) is 0 Å². The number of ether oxygens (including phenoxy) is 1. The van der Waals surface area contributed by atoms with Gasteiger partial charge in [0.25, 0.3) is 0 Å². The summed E-state index contributed by atoms with van der Waals surface area (Å²) in [7, 11) is 0. The third-order valence-electron chi connectivity index (χ3n) is 1.74. The Morgan fingerprint density at radius 1 is 1.56 bits per heavy atom. The van der Waals surface area contributed by atoms with Crippen LogP contribution in [0.5, 0.6) is 5.75 Å². The first kappa shape index (κ1) is 12.0. The molecular formula is C12H13NO3. The maximum absolute atomic E-state index is 10.3. The minimum Gasteiger partial charge on any atom is -0.488 e. The van der Waals surface area contributed by atoms with E-state index in [1.54, 1.807) is 18.3 Å². The monoisotopic (exact) mass is 219 g/mol. The van der Waals surface area contributed by atoms with E-state index in [-0.39, 0.29) is 0 Å². The second-order valence-corrected chi connectivity index (χ2v) is 2.97. The van der Waals surface area contributed by atoms with Gasteiger partial charge in [-0.25, -0.2) is 4.79 Å². The van der Waals surface area contributed by atoms with E-state index in [0.29, 0.717) is 18.1 Å². The summed E-state index contributed by atoms with van der Waals surface area (Å²) in [5.41, 5.74) is 0.584. The van der Waals surface area contributed by atoms with E-state index in [2.05, 4.69) is 4.98 Å². The van der Waals surface area contributed by atoms with E-state index < -0.39 is 5.97 Å². The van der Waals surface area contributed by atoms with E-state index in [1.807, 2.05) is 19.1 Å².